The van der Waals surface area contributed by atoms with Crippen molar-refractivity contribution in [2.24, 2.45) is 11.8 Å². The molecule has 3 heterocycles. The first-order valence-corrected chi connectivity index (χ1v) is 10.1. The zero-order chi connectivity index (χ0) is 17.2. The summed E-state index contributed by atoms with van der Waals surface area (Å²) in [7, 11) is 0. The van der Waals surface area contributed by atoms with Crippen LogP contribution in [-0.4, -0.2) is 46.7 Å². The van der Waals surface area contributed by atoms with E-state index in [1.54, 1.807) is 0 Å². The maximum atomic E-state index is 12.7. The lowest BCUT2D eigenvalue weighted by atomic mass is 9.84. The van der Waals surface area contributed by atoms with Crippen molar-refractivity contribution in [2.45, 2.75) is 64.3 Å². The Hall–Kier alpha value is -1.36. The van der Waals surface area contributed by atoms with Gasteiger partial charge in [0.2, 0.25) is 5.91 Å². The molecular formula is C20H31N3O2. The number of aromatic nitrogens is 2. The SMILES string of the molecule is Cc1cnc(C2CCC2)n1CC1CCN(C(=O)C2CCOCC2)CC1. The molecule has 1 aromatic rings. The Kier molecular flexibility index (Phi) is 5.11. The average Bonchev–Trinajstić information content (AvgIpc) is 2.95. The third-order valence-corrected chi connectivity index (χ3v) is 6.49. The van der Waals surface area contributed by atoms with Crippen LogP contribution in [0.3, 0.4) is 0 Å². The van der Waals surface area contributed by atoms with E-state index in [1.807, 2.05) is 6.20 Å². The summed E-state index contributed by atoms with van der Waals surface area (Å²) in [5.41, 5.74) is 1.29. The molecule has 0 radical (unpaired) electrons. The summed E-state index contributed by atoms with van der Waals surface area (Å²) < 4.78 is 7.85. The first kappa shape index (κ1) is 17.1. The van der Waals surface area contributed by atoms with Crippen LogP contribution < -0.4 is 0 Å². The number of carbonyl (C=O) groups excluding carboxylic acids is 1. The maximum Gasteiger partial charge on any atom is 0.225 e. The normalized spacial score (nSPS) is 23.6. The minimum absolute atomic E-state index is 0.200. The number of ether oxygens (including phenoxy) is 1. The van der Waals surface area contributed by atoms with Gasteiger partial charge in [-0.2, -0.15) is 0 Å². The van der Waals surface area contributed by atoms with E-state index >= 15 is 0 Å². The number of rotatable bonds is 4. The number of aryl methyl sites for hydroxylation is 1. The topological polar surface area (TPSA) is 47.4 Å². The minimum atomic E-state index is 0.200. The molecule has 2 saturated heterocycles. The standard InChI is InChI=1S/C20H31N3O2/c1-15-13-21-19(17-3-2-4-17)23(15)14-16-5-9-22(10-6-16)20(24)18-7-11-25-12-8-18/h13,16-18H,2-12,14H2,1H3. The van der Waals surface area contributed by atoms with Crippen molar-refractivity contribution in [1.82, 2.24) is 14.5 Å². The summed E-state index contributed by atoms with van der Waals surface area (Å²) in [5, 5.41) is 0. The second-order valence-corrected chi connectivity index (χ2v) is 8.15. The number of likely N-dealkylation sites (tertiary alicyclic amines) is 1. The van der Waals surface area contributed by atoms with Crippen molar-refractivity contribution in [3.8, 4) is 0 Å². The second-order valence-electron chi connectivity index (χ2n) is 8.15. The Balaban J connectivity index is 1.32. The van der Waals surface area contributed by atoms with Crippen LogP contribution in [0.15, 0.2) is 6.20 Å². The fourth-order valence-electron chi connectivity index (χ4n) is 4.51. The smallest absolute Gasteiger partial charge is 0.225 e. The van der Waals surface area contributed by atoms with Crippen LogP contribution in [0.2, 0.25) is 0 Å². The van der Waals surface area contributed by atoms with Crippen molar-refractivity contribution in [1.29, 1.82) is 0 Å². The van der Waals surface area contributed by atoms with Crippen molar-refractivity contribution < 1.29 is 9.53 Å². The molecule has 0 bridgehead atoms. The van der Waals surface area contributed by atoms with Crippen molar-refractivity contribution in [2.75, 3.05) is 26.3 Å². The zero-order valence-electron chi connectivity index (χ0n) is 15.5. The number of imidazole rings is 1. The highest BCUT2D eigenvalue weighted by Gasteiger charge is 2.31. The fourth-order valence-corrected chi connectivity index (χ4v) is 4.51. The highest BCUT2D eigenvalue weighted by Crippen LogP contribution is 2.36. The minimum Gasteiger partial charge on any atom is -0.381 e. The average molecular weight is 345 g/mol. The molecule has 5 heteroatoms. The number of carbonyl (C=O) groups is 1. The van der Waals surface area contributed by atoms with Crippen LogP contribution in [0.1, 0.15) is 62.4 Å². The van der Waals surface area contributed by atoms with Crippen LogP contribution >= 0.6 is 0 Å². The van der Waals surface area contributed by atoms with Gasteiger partial charge in [-0.3, -0.25) is 4.79 Å². The van der Waals surface area contributed by atoms with E-state index in [0.29, 0.717) is 17.7 Å². The van der Waals surface area contributed by atoms with Crippen molar-refractivity contribution in [3.63, 3.8) is 0 Å². The summed E-state index contributed by atoms with van der Waals surface area (Å²) in [5.74, 6) is 3.24. The van der Waals surface area contributed by atoms with E-state index < -0.39 is 0 Å². The van der Waals surface area contributed by atoms with Crippen LogP contribution in [-0.2, 0) is 16.1 Å². The predicted octanol–water partition coefficient (Wildman–Crippen LogP) is 3.12. The molecule has 0 N–H and O–H groups in total. The Morgan fingerprint density at radius 2 is 1.88 bits per heavy atom. The monoisotopic (exact) mass is 345 g/mol. The van der Waals surface area contributed by atoms with Gasteiger partial charge in [0.25, 0.3) is 0 Å². The van der Waals surface area contributed by atoms with Gasteiger partial charge >= 0.3 is 0 Å². The zero-order valence-corrected chi connectivity index (χ0v) is 15.5. The molecule has 1 aliphatic carbocycles. The molecule has 5 nitrogen and oxygen atoms in total. The Morgan fingerprint density at radius 1 is 1.16 bits per heavy atom. The predicted molar refractivity (Wildman–Crippen MR) is 96.4 cm³/mol. The fraction of sp³-hybridized carbons (Fsp3) is 0.800. The molecule has 3 fully saturated rings. The van der Waals surface area contributed by atoms with Crippen LogP contribution in [0.5, 0.6) is 0 Å². The Labute approximate surface area is 150 Å². The summed E-state index contributed by atoms with van der Waals surface area (Å²) in [6, 6.07) is 0. The third kappa shape index (κ3) is 3.62. The van der Waals surface area contributed by atoms with Gasteiger partial charge in [0.05, 0.1) is 0 Å². The lowest BCUT2D eigenvalue weighted by molar-refractivity contribution is -0.140. The van der Waals surface area contributed by atoms with E-state index in [4.69, 9.17) is 9.72 Å². The van der Waals surface area contributed by atoms with E-state index in [9.17, 15) is 4.79 Å². The maximum absolute atomic E-state index is 12.7. The summed E-state index contributed by atoms with van der Waals surface area (Å²) in [6.45, 7) is 6.60. The van der Waals surface area contributed by atoms with Crippen LogP contribution in [0.4, 0.5) is 0 Å². The highest BCUT2D eigenvalue weighted by molar-refractivity contribution is 5.79. The van der Waals surface area contributed by atoms with E-state index in [0.717, 1.165) is 58.5 Å². The van der Waals surface area contributed by atoms with Crippen molar-refractivity contribution in [3.05, 3.63) is 17.7 Å². The quantitative estimate of drug-likeness (QED) is 0.842. The second kappa shape index (κ2) is 7.48. The summed E-state index contributed by atoms with van der Waals surface area (Å²) in [6.07, 6.45) is 10.0. The Bertz CT molecular complexity index is 594. The van der Waals surface area contributed by atoms with Gasteiger partial charge in [0.15, 0.2) is 0 Å². The molecule has 4 rings (SSSR count). The molecule has 0 aromatic carbocycles. The molecule has 0 spiro atoms. The van der Waals surface area contributed by atoms with E-state index in [1.165, 1.54) is 30.8 Å². The lowest BCUT2D eigenvalue weighted by Crippen LogP contribution is -2.43. The number of amides is 1. The molecule has 3 aliphatic rings. The van der Waals surface area contributed by atoms with Gasteiger partial charge < -0.3 is 14.2 Å². The third-order valence-electron chi connectivity index (χ3n) is 6.49. The van der Waals surface area contributed by atoms with E-state index in [-0.39, 0.29) is 5.92 Å². The van der Waals surface area contributed by atoms with Gasteiger partial charge in [-0.25, -0.2) is 4.98 Å². The van der Waals surface area contributed by atoms with Gasteiger partial charge in [0, 0.05) is 56.6 Å². The molecule has 0 atom stereocenters. The number of nitrogens with zero attached hydrogens (tertiary/aromatic N) is 3. The largest absolute Gasteiger partial charge is 0.381 e. The lowest BCUT2D eigenvalue weighted by Gasteiger charge is -2.36. The number of hydrogen-bond acceptors (Lipinski definition) is 3. The molecule has 1 amide bonds. The highest BCUT2D eigenvalue weighted by atomic mass is 16.5. The molecule has 2 aliphatic heterocycles. The molecule has 138 valence electrons. The van der Waals surface area contributed by atoms with Gasteiger partial charge in [-0.15, -0.1) is 0 Å². The van der Waals surface area contributed by atoms with Gasteiger partial charge in [0.1, 0.15) is 5.82 Å². The first-order valence-electron chi connectivity index (χ1n) is 10.1. The van der Waals surface area contributed by atoms with Crippen LogP contribution in [0, 0.1) is 18.8 Å². The molecule has 0 unspecified atom stereocenters. The first-order chi connectivity index (χ1) is 12.2. The van der Waals surface area contributed by atoms with Crippen LogP contribution in [0.25, 0.3) is 0 Å². The Morgan fingerprint density at radius 3 is 2.52 bits per heavy atom. The molecule has 1 saturated carbocycles. The van der Waals surface area contributed by atoms with Crippen molar-refractivity contribution >= 4 is 5.91 Å². The van der Waals surface area contributed by atoms with E-state index in [2.05, 4.69) is 16.4 Å². The summed E-state index contributed by atoms with van der Waals surface area (Å²) in [4.78, 5) is 19.5. The van der Waals surface area contributed by atoms with Gasteiger partial charge in [-0.05, 0) is 51.4 Å². The number of hydrogen-bond donors (Lipinski definition) is 0. The van der Waals surface area contributed by atoms with Gasteiger partial charge in [-0.1, -0.05) is 6.42 Å². The number of piperidine rings is 1. The molecule has 1 aromatic heterocycles. The molecular weight excluding hydrogens is 314 g/mol. The molecule has 25 heavy (non-hydrogen) atoms. The summed E-state index contributed by atoms with van der Waals surface area (Å²) >= 11 is 0.